The van der Waals surface area contributed by atoms with E-state index >= 15 is 0 Å². The first-order valence-electron chi connectivity index (χ1n) is 5.31. The van der Waals surface area contributed by atoms with E-state index in [0.717, 1.165) is 17.6 Å². The van der Waals surface area contributed by atoms with Crippen LogP contribution in [0.4, 0.5) is 0 Å². The highest BCUT2D eigenvalue weighted by atomic mass is 32.1. The predicted octanol–water partition coefficient (Wildman–Crippen LogP) is 0.800. The van der Waals surface area contributed by atoms with E-state index in [4.69, 9.17) is 0 Å². The van der Waals surface area contributed by atoms with Crippen LogP contribution < -0.4 is 0 Å². The van der Waals surface area contributed by atoms with Crippen LogP contribution in [0, 0.1) is 11.8 Å². The zero-order chi connectivity index (χ0) is 9.26. The Bertz CT molecular complexity index is 174. The number of hydrogen-bond acceptors (Lipinski definition) is 3. The van der Waals surface area contributed by atoms with Crippen LogP contribution in [0.2, 0.25) is 0 Å². The smallest absolute Gasteiger partial charge is 0.00701 e. The van der Waals surface area contributed by atoms with Crippen molar-refractivity contribution in [2.75, 3.05) is 45.5 Å². The fourth-order valence-corrected chi connectivity index (χ4v) is 3.05. The molecular weight excluding hydrogens is 180 g/mol. The van der Waals surface area contributed by atoms with Gasteiger partial charge in [-0.2, -0.15) is 12.6 Å². The number of thiol groups is 1. The first-order valence-corrected chi connectivity index (χ1v) is 5.94. The summed E-state index contributed by atoms with van der Waals surface area (Å²) >= 11 is 4.29. The van der Waals surface area contributed by atoms with Gasteiger partial charge in [0, 0.05) is 31.9 Å². The van der Waals surface area contributed by atoms with Crippen molar-refractivity contribution in [1.82, 2.24) is 9.80 Å². The Morgan fingerprint density at radius 1 is 1.23 bits per heavy atom. The Kier molecular flexibility index (Phi) is 3.17. The maximum absolute atomic E-state index is 4.29. The van der Waals surface area contributed by atoms with Gasteiger partial charge in [-0.05, 0) is 31.8 Å². The molecule has 0 radical (unpaired) electrons. The molecule has 13 heavy (non-hydrogen) atoms. The summed E-state index contributed by atoms with van der Waals surface area (Å²) in [7, 11) is 2.25. The largest absolute Gasteiger partial charge is 0.306 e. The second-order valence-corrected chi connectivity index (χ2v) is 5.00. The number of piperidine rings is 1. The highest BCUT2D eigenvalue weighted by Gasteiger charge is 2.35. The van der Waals surface area contributed by atoms with Crippen LogP contribution in [0.3, 0.4) is 0 Å². The number of likely N-dealkylation sites (tertiary alicyclic amines) is 2. The maximum Gasteiger partial charge on any atom is 0.00701 e. The van der Waals surface area contributed by atoms with Crippen molar-refractivity contribution in [1.29, 1.82) is 0 Å². The van der Waals surface area contributed by atoms with Gasteiger partial charge in [-0.25, -0.2) is 0 Å². The zero-order valence-electron chi connectivity index (χ0n) is 8.45. The molecule has 2 aliphatic rings. The van der Waals surface area contributed by atoms with Gasteiger partial charge in [0.25, 0.3) is 0 Å². The number of hydrogen-bond donors (Lipinski definition) is 1. The van der Waals surface area contributed by atoms with Gasteiger partial charge in [0.2, 0.25) is 0 Å². The molecule has 2 rings (SSSR count). The minimum absolute atomic E-state index is 0.943. The molecule has 0 N–H and O–H groups in total. The third-order valence-electron chi connectivity index (χ3n) is 3.50. The number of fused-ring (bicyclic) bond motifs is 1. The second kappa shape index (κ2) is 4.20. The van der Waals surface area contributed by atoms with Crippen molar-refractivity contribution < 1.29 is 0 Å². The van der Waals surface area contributed by atoms with E-state index < -0.39 is 0 Å². The maximum atomic E-state index is 4.29. The summed E-state index contributed by atoms with van der Waals surface area (Å²) in [5, 5.41) is 0. The quantitative estimate of drug-likeness (QED) is 0.659. The van der Waals surface area contributed by atoms with Gasteiger partial charge in [0.05, 0.1) is 0 Å². The van der Waals surface area contributed by atoms with Crippen LogP contribution in [0.5, 0.6) is 0 Å². The van der Waals surface area contributed by atoms with Gasteiger partial charge < -0.3 is 9.80 Å². The van der Waals surface area contributed by atoms with E-state index in [-0.39, 0.29) is 0 Å². The Hall–Kier alpha value is 0.270. The number of rotatable bonds is 2. The summed E-state index contributed by atoms with van der Waals surface area (Å²) < 4.78 is 0. The molecule has 0 bridgehead atoms. The van der Waals surface area contributed by atoms with E-state index in [2.05, 4.69) is 29.5 Å². The van der Waals surface area contributed by atoms with E-state index in [9.17, 15) is 0 Å². The molecule has 0 spiro atoms. The molecule has 0 aliphatic carbocycles. The standard InChI is InChI=1S/C10H20N2S/c1-11-3-2-9-7-12(4-5-13)8-10(9)6-11/h9-10,13H,2-8H2,1H3. The Labute approximate surface area is 86.7 Å². The number of nitrogens with zero attached hydrogens (tertiary/aromatic N) is 2. The fraction of sp³-hybridized carbons (Fsp3) is 1.00. The molecule has 76 valence electrons. The average molecular weight is 200 g/mol. The van der Waals surface area contributed by atoms with Crippen LogP contribution in [-0.4, -0.2) is 55.3 Å². The summed E-state index contributed by atoms with van der Waals surface area (Å²) in [5.41, 5.74) is 0. The minimum atomic E-state index is 0.943. The van der Waals surface area contributed by atoms with Gasteiger partial charge in [-0.1, -0.05) is 0 Å². The predicted molar refractivity (Wildman–Crippen MR) is 59.4 cm³/mol. The van der Waals surface area contributed by atoms with Crippen LogP contribution in [0.15, 0.2) is 0 Å². The lowest BCUT2D eigenvalue weighted by Gasteiger charge is -2.31. The van der Waals surface area contributed by atoms with Gasteiger partial charge in [0.1, 0.15) is 0 Å². The van der Waals surface area contributed by atoms with Gasteiger partial charge in [-0.15, -0.1) is 0 Å². The first-order chi connectivity index (χ1) is 6.29. The van der Waals surface area contributed by atoms with Crippen LogP contribution >= 0.6 is 12.6 Å². The molecule has 2 atom stereocenters. The molecule has 3 heteroatoms. The van der Waals surface area contributed by atoms with E-state index in [1.165, 1.54) is 39.1 Å². The molecule has 2 heterocycles. The van der Waals surface area contributed by atoms with E-state index in [0.29, 0.717) is 0 Å². The summed E-state index contributed by atoms with van der Waals surface area (Å²) in [6.45, 7) is 6.44. The second-order valence-electron chi connectivity index (χ2n) is 4.55. The van der Waals surface area contributed by atoms with Crippen LogP contribution in [0.1, 0.15) is 6.42 Å². The molecular formula is C10H20N2S. The minimum Gasteiger partial charge on any atom is -0.306 e. The highest BCUT2D eigenvalue weighted by molar-refractivity contribution is 7.80. The highest BCUT2D eigenvalue weighted by Crippen LogP contribution is 2.30. The normalized spacial score (nSPS) is 36.5. The Balaban J connectivity index is 1.87. The monoisotopic (exact) mass is 200 g/mol. The van der Waals surface area contributed by atoms with Gasteiger partial charge >= 0.3 is 0 Å². The van der Waals surface area contributed by atoms with Crippen molar-refractivity contribution >= 4 is 12.6 Å². The molecule has 0 saturated carbocycles. The summed E-state index contributed by atoms with van der Waals surface area (Å²) in [6.07, 6.45) is 1.41. The first kappa shape index (κ1) is 9.81. The van der Waals surface area contributed by atoms with Crippen molar-refractivity contribution in [3.8, 4) is 0 Å². The molecule has 2 nitrogen and oxygen atoms in total. The van der Waals surface area contributed by atoms with E-state index in [1.807, 2.05) is 0 Å². The third kappa shape index (κ3) is 2.20. The molecule has 2 aliphatic heterocycles. The van der Waals surface area contributed by atoms with Crippen molar-refractivity contribution in [3.05, 3.63) is 0 Å². The topological polar surface area (TPSA) is 6.48 Å². The molecule has 0 aromatic heterocycles. The Morgan fingerprint density at radius 3 is 2.77 bits per heavy atom. The SMILES string of the molecule is CN1CCC2CN(CCS)CC2C1. The van der Waals surface area contributed by atoms with Crippen LogP contribution in [0.25, 0.3) is 0 Å². The van der Waals surface area contributed by atoms with Gasteiger partial charge in [-0.3, -0.25) is 0 Å². The molecule has 2 unspecified atom stereocenters. The molecule has 0 amide bonds. The average Bonchev–Trinajstić information content (AvgIpc) is 2.46. The summed E-state index contributed by atoms with van der Waals surface area (Å²) in [4.78, 5) is 5.06. The van der Waals surface area contributed by atoms with Crippen molar-refractivity contribution in [2.24, 2.45) is 11.8 Å². The van der Waals surface area contributed by atoms with Gasteiger partial charge in [0.15, 0.2) is 0 Å². The fourth-order valence-electron chi connectivity index (χ4n) is 2.77. The van der Waals surface area contributed by atoms with Crippen molar-refractivity contribution in [2.45, 2.75) is 6.42 Å². The summed E-state index contributed by atoms with van der Waals surface area (Å²) in [5.74, 6) is 2.93. The summed E-state index contributed by atoms with van der Waals surface area (Å²) in [6, 6.07) is 0. The Morgan fingerprint density at radius 2 is 2.00 bits per heavy atom. The van der Waals surface area contributed by atoms with Crippen LogP contribution in [-0.2, 0) is 0 Å². The third-order valence-corrected chi connectivity index (χ3v) is 3.70. The lowest BCUT2D eigenvalue weighted by Crippen LogP contribution is -2.37. The van der Waals surface area contributed by atoms with E-state index in [1.54, 1.807) is 0 Å². The molecule has 0 aromatic carbocycles. The molecule has 2 fully saturated rings. The van der Waals surface area contributed by atoms with Crippen molar-refractivity contribution in [3.63, 3.8) is 0 Å². The molecule has 0 aromatic rings. The molecule has 2 saturated heterocycles. The zero-order valence-corrected chi connectivity index (χ0v) is 9.34. The lowest BCUT2D eigenvalue weighted by molar-refractivity contribution is 0.178. The lowest BCUT2D eigenvalue weighted by atomic mass is 9.89.